The third kappa shape index (κ3) is 2.31. The fourth-order valence-corrected chi connectivity index (χ4v) is 1.38. The fraction of sp³-hybridized carbons (Fsp3) is 0. The zero-order valence-electron chi connectivity index (χ0n) is 8.64. The summed E-state index contributed by atoms with van der Waals surface area (Å²) in [6.45, 7) is 0. The molecule has 0 amide bonds. The topological polar surface area (TPSA) is 50.9 Å². The van der Waals surface area contributed by atoms with Crippen molar-refractivity contribution in [1.82, 2.24) is 4.98 Å². The average Bonchev–Trinajstić information content (AvgIpc) is 2.29. The molecule has 0 fully saturated rings. The minimum absolute atomic E-state index is 0.484. The summed E-state index contributed by atoms with van der Waals surface area (Å²) in [5.74, 6) is 3.07. The number of nitrogen functional groups attached to an aromatic ring is 1. The second-order valence-electron chi connectivity index (χ2n) is 3.32. The number of nitrogens with zero attached hydrogens (tertiary/aromatic N) is 1. The lowest BCUT2D eigenvalue weighted by atomic mass is 10.2. The van der Waals surface area contributed by atoms with Gasteiger partial charge in [0.25, 0.3) is 0 Å². The highest BCUT2D eigenvalue weighted by molar-refractivity contribution is 5.63. The Morgan fingerprint density at radius 2 is 2.00 bits per heavy atom. The van der Waals surface area contributed by atoms with Gasteiger partial charge in [0.1, 0.15) is 5.82 Å². The van der Waals surface area contributed by atoms with Crippen LogP contribution in [-0.4, -0.2) is 4.98 Å². The van der Waals surface area contributed by atoms with E-state index in [2.05, 4.69) is 16.2 Å². The lowest BCUT2D eigenvalue weighted by molar-refractivity contribution is 1.33. The van der Waals surface area contributed by atoms with E-state index in [-0.39, 0.29) is 0 Å². The van der Waals surface area contributed by atoms with E-state index in [1.54, 1.807) is 12.3 Å². The molecule has 2 rings (SSSR count). The predicted molar refractivity (Wildman–Crippen MR) is 66.3 cm³/mol. The zero-order valence-corrected chi connectivity index (χ0v) is 8.64. The molecule has 0 radical (unpaired) electrons. The molecule has 2 aromatic rings. The molecule has 3 heteroatoms. The Kier molecular flexibility index (Phi) is 2.75. The second-order valence-corrected chi connectivity index (χ2v) is 3.32. The maximum atomic E-state index is 5.58. The summed E-state index contributed by atoms with van der Waals surface area (Å²) < 4.78 is 0. The lowest BCUT2D eigenvalue weighted by Gasteiger charge is -2.06. The SMILES string of the molecule is C#Cc1cccc(Nc2ccnc(N)c2)c1. The van der Waals surface area contributed by atoms with Crippen LogP contribution in [0.1, 0.15) is 5.56 Å². The predicted octanol–water partition coefficient (Wildman–Crippen LogP) is 2.39. The first kappa shape index (κ1) is 10.1. The summed E-state index contributed by atoms with van der Waals surface area (Å²) in [6.07, 6.45) is 6.98. The van der Waals surface area contributed by atoms with Crippen molar-refractivity contribution in [3.05, 3.63) is 48.2 Å². The summed E-state index contributed by atoms with van der Waals surface area (Å²) >= 11 is 0. The molecular weight excluding hydrogens is 198 g/mol. The number of aromatic nitrogens is 1. The summed E-state index contributed by atoms with van der Waals surface area (Å²) in [4.78, 5) is 3.92. The van der Waals surface area contributed by atoms with Crippen LogP contribution in [0.3, 0.4) is 0 Å². The number of nitrogens with one attached hydrogen (secondary N) is 1. The van der Waals surface area contributed by atoms with E-state index in [9.17, 15) is 0 Å². The van der Waals surface area contributed by atoms with E-state index in [1.807, 2.05) is 30.3 Å². The van der Waals surface area contributed by atoms with Gasteiger partial charge < -0.3 is 11.1 Å². The van der Waals surface area contributed by atoms with Crippen LogP contribution in [0.4, 0.5) is 17.2 Å². The summed E-state index contributed by atoms with van der Waals surface area (Å²) in [6, 6.07) is 11.2. The highest BCUT2D eigenvalue weighted by atomic mass is 14.9. The van der Waals surface area contributed by atoms with Crippen molar-refractivity contribution in [3.8, 4) is 12.3 Å². The Labute approximate surface area is 94.3 Å². The van der Waals surface area contributed by atoms with Crippen molar-refractivity contribution in [3.63, 3.8) is 0 Å². The number of nitrogens with two attached hydrogens (primary N) is 1. The van der Waals surface area contributed by atoms with Crippen LogP contribution in [-0.2, 0) is 0 Å². The van der Waals surface area contributed by atoms with Crippen LogP contribution in [0.2, 0.25) is 0 Å². The van der Waals surface area contributed by atoms with Crippen LogP contribution in [0.25, 0.3) is 0 Å². The van der Waals surface area contributed by atoms with Crippen molar-refractivity contribution in [2.45, 2.75) is 0 Å². The molecule has 0 aliphatic rings. The van der Waals surface area contributed by atoms with Gasteiger partial charge in [-0.25, -0.2) is 4.98 Å². The Hall–Kier alpha value is -2.47. The number of benzene rings is 1. The average molecular weight is 209 g/mol. The number of terminal acetylenes is 1. The minimum atomic E-state index is 0.484. The van der Waals surface area contributed by atoms with Gasteiger partial charge in [0, 0.05) is 29.2 Å². The monoisotopic (exact) mass is 209 g/mol. The van der Waals surface area contributed by atoms with Crippen molar-refractivity contribution in [1.29, 1.82) is 0 Å². The number of pyridine rings is 1. The standard InChI is InChI=1S/C13H11N3/c1-2-10-4-3-5-11(8-10)16-12-6-7-15-13(14)9-12/h1,3-9H,(H3,14,15,16). The van der Waals surface area contributed by atoms with Crippen molar-refractivity contribution in [2.75, 3.05) is 11.1 Å². The van der Waals surface area contributed by atoms with E-state index >= 15 is 0 Å². The largest absolute Gasteiger partial charge is 0.384 e. The normalized spacial score (nSPS) is 9.44. The number of hydrogen-bond donors (Lipinski definition) is 2. The zero-order chi connectivity index (χ0) is 11.4. The molecule has 0 bridgehead atoms. The number of rotatable bonds is 2. The molecule has 0 spiro atoms. The van der Waals surface area contributed by atoms with E-state index < -0.39 is 0 Å². The molecular formula is C13H11N3. The second kappa shape index (κ2) is 4.37. The van der Waals surface area contributed by atoms with Crippen LogP contribution in [0.5, 0.6) is 0 Å². The first-order valence-electron chi connectivity index (χ1n) is 4.83. The molecule has 16 heavy (non-hydrogen) atoms. The Bertz CT molecular complexity index is 541. The molecule has 3 nitrogen and oxygen atoms in total. The summed E-state index contributed by atoms with van der Waals surface area (Å²) in [5, 5.41) is 3.20. The molecule has 0 aliphatic heterocycles. The maximum absolute atomic E-state index is 5.58. The third-order valence-electron chi connectivity index (χ3n) is 2.10. The molecule has 0 unspecified atom stereocenters. The van der Waals surface area contributed by atoms with E-state index in [1.165, 1.54) is 0 Å². The van der Waals surface area contributed by atoms with Crippen LogP contribution >= 0.6 is 0 Å². The highest BCUT2D eigenvalue weighted by Gasteiger charge is 1.96. The van der Waals surface area contributed by atoms with Crippen LogP contribution < -0.4 is 11.1 Å². The van der Waals surface area contributed by atoms with Gasteiger partial charge in [-0.05, 0) is 24.3 Å². The van der Waals surface area contributed by atoms with Gasteiger partial charge in [-0.3, -0.25) is 0 Å². The Morgan fingerprint density at radius 3 is 2.75 bits per heavy atom. The van der Waals surface area contributed by atoms with Crippen molar-refractivity contribution in [2.24, 2.45) is 0 Å². The first-order chi connectivity index (χ1) is 7.78. The first-order valence-corrected chi connectivity index (χ1v) is 4.83. The molecule has 3 N–H and O–H groups in total. The molecule has 1 aromatic heterocycles. The van der Waals surface area contributed by atoms with Gasteiger partial charge in [0.2, 0.25) is 0 Å². The Morgan fingerprint density at radius 1 is 1.19 bits per heavy atom. The summed E-state index contributed by atoms with van der Waals surface area (Å²) in [7, 11) is 0. The molecule has 78 valence electrons. The molecule has 1 heterocycles. The lowest BCUT2D eigenvalue weighted by Crippen LogP contribution is -1.94. The number of anilines is 3. The maximum Gasteiger partial charge on any atom is 0.125 e. The van der Waals surface area contributed by atoms with Gasteiger partial charge in [0.05, 0.1) is 0 Å². The number of hydrogen-bond acceptors (Lipinski definition) is 3. The van der Waals surface area contributed by atoms with E-state index in [0.717, 1.165) is 16.9 Å². The molecule has 0 saturated heterocycles. The van der Waals surface area contributed by atoms with Crippen LogP contribution in [0.15, 0.2) is 42.6 Å². The molecule has 0 aliphatic carbocycles. The third-order valence-corrected chi connectivity index (χ3v) is 2.10. The highest BCUT2D eigenvalue weighted by Crippen LogP contribution is 2.18. The quantitative estimate of drug-likeness (QED) is 0.747. The fourth-order valence-electron chi connectivity index (χ4n) is 1.38. The Balaban J connectivity index is 2.24. The van der Waals surface area contributed by atoms with Gasteiger partial charge >= 0.3 is 0 Å². The van der Waals surface area contributed by atoms with Crippen molar-refractivity contribution < 1.29 is 0 Å². The van der Waals surface area contributed by atoms with E-state index in [0.29, 0.717) is 5.82 Å². The van der Waals surface area contributed by atoms with Gasteiger partial charge in [-0.2, -0.15) is 0 Å². The minimum Gasteiger partial charge on any atom is -0.384 e. The van der Waals surface area contributed by atoms with Crippen molar-refractivity contribution >= 4 is 17.2 Å². The molecule has 1 aromatic carbocycles. The van der Waals surface area contributed by atoms with E-state index in [4.69, 9.17) is 12.2 Å². The van der Waals surface area contributed by atoms with Gasteiger partial charge in [0.15, 0.2) is 0 Å². The smallest absolute Gasteiger partial charge is 0.125 e. The molecule has 0 saturated carbocycles. The van der Waals surface area contributed by atoms with Crippen LogP contribution in [0, 0.1) is 12.3 Å². The van der Waals surface area contributed by atoms with Gasteiger partial charge in [-0.15, -0.1) is 6.42 Å². The van der Waals surface area contributed by atoms with Gasteiger partial charge in [-0.1, -0.05) is 12.0 Å². The summed E-state index contributed by atoms with van der Waals surface area (Å²) in [5.41, 5.74) is 8.25. The molecule has 0 atom stereocenters.